The SMILES string of the molecule is Brc1cc(Br)cc(-c2cc(-c3ccccc3)nc(-c3ccc(-c4cccnc4)cc3)n2)c1. The molecule has 2 heterocycles. The fourth-order valence-electron chi connectivity index (χ4n) is 3.53. The number of aromatic nitrogens is 3. The third-order valence-electron chi connectivity index (χ3n) is 5.09. The lowest BCUT2D eigenvalue weighted by Crippen LogP contribution is -1.96. The van der Waals surface area contributed by atoms with Gasteiger partial charge in [-0.05, 0) is 41.5 Å². The number of nitrogens with zero attached hydrogens (tertiary/aromatic N) is 3. The van der Waals surface area contributed by atoms with E-state index in [1.807, 2.05) is 42.6 Å². The number of hydrogen-bond acceptors (Lipinski definition) is 3. The Morgan fingerprint density at radius 3 is 1.78 bits per heavy atom. The number of pyridine rings is 1. The first-order chi connectivity index (χ1) is 15.7. The zero-order valence-electron chi connectivity index (χ0n) is 16.9. The zero-order chi connectivity index (χ0) is 21.9. The van der Waals surface area contributed by atoms with Gasteiger partial charge in [-0.25, -0.2) is 9.97 Å². The molecule has 0 atom stereocenters. The summed E-state index contributed by atoms with van der Waals surface area (Å²) in [5, 5.41) is 0. The van der Waals surface area contributed by atoms with Crippen LogP contribution in [-0.2, 0) is 0 Å². The van der Waals surface area contributed by atoms with Gasteiger partial charge in [0.2, 0.25) is 0 Å². The van der Waals surface area contributed by atoms with Gasteiger partial charge in [0.25, 0.3) is 0 Å². The smallest absolute Gasteiger partial charge is 0.160 e. The molecular weight excluding hydrogens is 526 g/mol. The standard InChI is InChI=1S/C27H17Br2N3/c28-23-13-22(14-24(29)15-23)26-16-25(19-5-2-1-3-6-19)31-27(32-26)20-10-8-18(9-11-20)21-7-4-12-30-17-21/h1-17H. The average molecular weight is 543 g/mol. The highest BCUT2D eigenvalue weighted by Gasteiger charge is 2.12. The quantitative estimate of drug-likeness (QED) is 0.230. The molecule has 0 saturated carbocycles. The molecule has 32 heavy (non-hydrogen) atoms. The Balaban J connectivity index is 1.63. The van der Waals surface area contributed by atoms with Crippen molar-refractivity contribution in [2.24, 2.45) is 0 Å². The van der Waals surface area contributed by atoms with E-state index in [1.54, 1.807) is 6.20 Å². The molecule has 0 aliphatic rings. The average Bonchev–Trinajstić information content (AvgIpc) is 2.84. The van der Waals surface area contributed by atoms with Crippen molar-refractivity contribution >= 4 is 31.9 Å². The van der Waals surface area contributed by atoms with Gasteiger partial charge in [-0.3, -0.25) is 4.98 Å². The number of halogens is 2. The summed E-state index contributed by atoms with van der Waals surface area (Å²) in [5.74, 6) is 0.690. The lowest BCUT2D eigenvalue weighted by Gasteiger charge is -2.10. The predicted molar refractivity (Wildman–Crippen MR) is 137 cm³/mol. The predicted octanol–water partition coefficient (Wildman–Crippen LogP) is 8.06. The molecule has 5 heteroatoms. The van der Waals surface area contributed by atoms with E-state index < -0.39 is 0 Å². The minimum Gasteiger partial charge on any atom is -0.264 e. The second-order valence-electron chi connectivity index (χ2n) is 7.31. The van der Waals surface area contributed by atoms with Gasteiger partial charge in [-0.15, -0.1) is 0 Å². The van der Waals surface area contributed by atoms with E-state index in [0.29, 0.717) is 5.82 Å². The van der Waals surface area contributed by atoms with Gasteiger partial charge >= 0.3 is 0 Å². The van der Waals surface area contributed by atoms with Crippen LogP contribution in [0, 0.1) is 0 Å². The van der Waals surface area contributed by atoms with E-state index >= 15 is 0 Å². The first-order valence-corrected chi connectivity index (χ1v) is 11.7. The minimum atomic E-state index is 0.690. The van der Waals surface area contributed by atoms with Gasteiger partial charge in [0.1, 0.15) is 0 Å². The molecular formula is C27H17Br2N3. The minimum absolute atomic E-state index is 0.690. The summed E-state index contributed by atoms with van der Waals surface area (Å²) in [4.78, 5) is 14.0. The monoisotopic (exact) mass is 541 g/mol. The van der Waals surface area contributed by atoms with Crippen LogP contribution >= 0.6 is 31.9 Å². The van der Waals surface area contributed by atoms with Crippen LogP contribution in [0.4, 0.5) is 0 Å². The number of rotatable bonds is 4. The molecule has 154 valence electrons. The first kappa shape index (κ1) is 20.7. The molecule has 0 aliphatic heterocycles. The Bertz CT molecular complexity index is 1350. The number of benzene rings is 3. The van der Waals surface area contributed by atoms with E-state index in [1.165, 1.54) is 0 Å². The zero-order valence-corrected chi connectivity index (χ0v) is 20.1. The molecule has 0 unspecified atom stereocenters. The van der Waals surface area contributed by atoms with E-state index in [9.17, 15) is 0 Å². The van der Waals surface area contributed by atoms with Crippen molar-refractivity contribution in [3.8, 4) is 45.0 Å². The second kappa shape index (κ2) is 9.15. The normalized spacial score (nSPS) is 10.8. The van der Waals surface area contributed by atoms with Gasteiger partial charge in [0.05, 0.1) is 11.4 Å². The number of hydrogen-bond donors (Lipinski definition) is 0. The first-order valence-electron chi connectivity index (χ1n) is 10.1. The van der Waals surface area contributed by atoms with Gasteiger partial charge in [-0.1, -0.05) is 92.5 Å². The highest BCUT2D eigenvalue weighted by atomic mass is 79.9. The third kappa shape index (κ3) is 4.54. The summed E-state index contributed by atoms with van der Waals surface area (Å²) >= 11 is 7.18. The highest BCUT2D eigenvalue weighted by Crippen LogP contribution is 2.31. The molecule has 0 N–H and O–H groups in total. The second-order valence-corrected chi connectivity index (χ2v) is 9.14. The van der Waals surface area contributed by atoms with Crippen LogP contribution in [0.2, 0.25) is 0 Å². The Labute approximate surface area is 203 Å². The molecule has 0 saturated heterocycles. The van der Waals surface area contributed by atoms with Crippen LogP contribution < -0.4 is 0 Å². The maximum atomic E-state index is 4.92. The van der Waals surface area contributed by atoms with E-state index in [0.717, 1.165) is 48.2 Å². The van der Waals surface area contributed by atoms with E-state index in [-0.39, 0.29) is 0 Å². The summed E-state index contributed by atoms with van der Waals surface area (Å²) in [7, 11) is 0. The highest BCUT2D eigenvalue weighted by molar-refractivity contribution is 9.11. The van der Waals surface area contributed by atoms with Crippen molar-refractivity contribution in [1.82, 2.24) is 15.0 Å². The lowest BCUT2D eigenvalue weighted by atomic mass is 10.0. The van der Waals surface area contributed by atoms with Crippen molar-refractivity contribution in [3.63, 3.8) is 0 Å². The summed E-state index contributed by atoms with van der Waals surface area (Å²) < 4.78 is 1.98. The largest absolute Gasteiger partial charge is 0.264 e. The Kier molecular flexibility index (Phi) is 5.93. The van der Waals surface area contributed by atoms with Crippen LogP contribution in [-0.4, -0.2) is 15.0 Å². The molecule has 0 amide bonds. The van der Waals surface area contributed by atoms with Crippen LogP contribution in [0.3, 0.4) is 0 Å². The van der Waals surface area contributed by atoms with Gasteiger partial charge in [0.15, 0.2) is 5.82 Å². The Morgan fingerprint density at radius 1 is 0.500 bits per heavy atom. The van der Waals surface area contributed by atoms with E-state index in [4.69, 9.17) is 9.97 Å². The molecule has 3 aromatic carbocycles. The van der Waals surface area contributed by atoms with E-state index in [2.05, 4.69) is 91.4 Å². The molecule has 0 spiro atoms. The topological polar surface area (TPSA) is 38.7 Å². The van der Waals surface area contributed by atoms with Crippen molar-refractivity contribution in [2.75, 3.05) is 0 Å². The van der Waals surface area contributed by atoms with Crippen molar-refractivity contribution < 1.29 is 0 Å². The third-order valence-corrected chi connectivity index (χ3v) is 6.01. The van der Waals surface area contributed by atoms with Crippen molar-refractivity contribution in [2.45, 2.75) is 0 Å². The van der Waals surface area contributed by atoms with Crippen LogP contribution in [0.1, 0.15) is 0 Å². The van der Waals surface area contributed by atoms with Crippen LogP contribution in [0.5, 0.6) is 0 Å². The van der Waals surface area contributed by atoms with Gasteiger partial charge in [0, 0.05) is 38.0 Å². The maximum absolute atomic E-state index is 4.92. The summed E-state index contributed by atoms with van der Waals surface area (Å²) in [6.45, 7) is 0. The Morgan fingerprint density at radius 2 is 1.12 bits per heavy atom. The van der Waals surface area contributed by atoms with Gasteiger partial charge < -0.3 is 0 Å². The molecule has 5 aromatic rings. The maximum Gasteiger partial charge on any atom is 0.160 e. The fourth-order valence-corrected chi connectivity index (χ4v) is 4.82. The molecule has 5 rings (SSSR count). The molecule has 0 fully saturated rings. The molecule has 0 aliphatic carbocycles. The molecule has 3 nitrogen and oxygen atoms in total. The summed E-state index contributed by atoms with van der Waals surface area (Å²) in [6.07, 6.45) is 3.65. The van der Waals surface area contributed by atoms with Crippen molar-refractivity contribution in [1.29, 1.82) is 0 Å². The van der Waals surface area contributed by atoms with Crippen LogP contribution in [0.25, 0.3) is 45.0 Å². The molecule has 0 radical (unpaired) electrons. The van der Waals surface area contributed by atoms with Crippen LogP contribution in [0.15, 0.2) is 112 Å². The van der Waals surface area contributed by atoms with Gasteiger partial charge in [-0.2, -0.15) is 0 Å². The summed E-state index contributed by atoms with van der Waals surface area (Å²) in [5.41, 5.74) is 6.98. The Hall–Kier alpha value is -3.15. The summed E-state index contributed by atoms with van der Waals surface area (Å²) in [6, 6.07) is 30.7. The lowest BCUT2D eigenvalue weighted by molar-refractivity contribution is 1.18. The van der Waals surface area contributed by atoms with Crippen molar-refractivity contribution in [3.05, 3.63) is 112 Å². The fraction of sp³-hybridized carbons (Fsp3) is 0. The molecule has 0 bridgehead atoms. The molecule has 2 aromatic heterocycles.